The highest BCUT2D eigenvalue weighted by Gasteiger charge is 2.25. The number of fused-ring (bicyclic) bond motifs is 4. The van der Waals surface area contributed by atoms with E-state index < -0.39 is 0 Å². The molecule has 1 aliphatic heterocycles. The van der Waals surface area contributed by atoms with E-state index in [2.05, 4.69) is 25.1 Å². The minimum absolute atomic E-state index is 0.00134. The van der Waals surface area contributed by atoms with Gasteiger partial charge in [-0.15, -0.1) is 0 Å². The molecule has 132 valence electrons. The summed E-state index contributed by atoms with van der Waals surface area (Å²) in [5.41, 5.74) is 5.82. The summed E-state index contributed by atoms with van der Waals surface area (Å²) in [5.74, 6) is 0.00134. The molecular weight excluding hydrogens is 324 g/mol. The van der Waals surface area contributed by atoms with Crippen molar-refractivity contribution in [2.24, 2.45) is 0 Å². The van der Waals surface area contributed by atoms with E-state index in [1.54, 1.807) is 11.5 Å². The largest absolute Gasteiger partial charge is 0.302 e. The van der Waals surface area contributed by atoms with Gasteiger partial charge in [-0.25, -0.2) is 4.98 Å². The molecule has 3 heterocycles. The minimum Gasteiger partial charge on any atom is -0.302 e. The molecule has 0 amide bonds. The van der Waals surface area contributed by atoms with Gasteiger partial charge in [0.05, 0.1) is 23.4 Å². The quantitative estimate of drug-likeness (QED) is 0.518. The Labute approximate surface area is 152 Å². The van der Waals surface area contributed by atoms with Crippen molar-refractivity contribution in [1.82, 2.24) is 9.55 Å². The van der Waals surface area contributed by atoms with Crippen molar-refractivity contribution < 1.29 is 4.79 Å². The summed E-state index contributed by atoms with van der Waals surface area (Å²) in [6, 6.07) is 10.3. The Bertz CT molecular complexity index is 1110. The molecule has 0 N–H and O–H groups in total. The molecule has 0 fully saturated rings. The van der Waals surface area contributed by atoms with Gasteiger partial charge in [-0.3, -0.25) is 9.59 Å². The van der Waals surface area contributed by atoms with E-state index in [1.165, 1.54) is 5.56 Å². The van der Waals surface area contributed by atoms with Gasteiger partial charge < -0.3 is 4.57 Å². The number of nitrogens with zero attached hydrogens (tertiary/aromatic N) is 2. The number of Topliss-reactive ketones (excluding diaryl/α,β-unsaturated/α-hetero) is 1. The van der Waals surface area contributed by atoms with Crippen molar-refractivity contribution in [2.45, 2.75) is 46.6 Å². The van der Waals surface area contributed by atoms with E-state index in [4.69, 9.17) is 4.98 Å². The van der Waals surface area contributed by atoms with Crippen LogP contribution in [0, 0.1) is 6.92 Å². The second-order valence-electron chi connectivity index (χ2n) is 7.01. The molecule has 4 nitrogen and oxygen atoms in total. The van der Waals surface area contributed by atoms with Gasteiger partial charge >= 0.3 is 0 Å². The third kappa shape index (κ3) is 2.48. The monoisotopic (exact) mass is 346 g/mol. The van der Waals surface area contributed by atoms with Gasteiger partial charge in [-0.1, -0.05) is 26.3 Å². The lowest BCUT2D eigenvalue weighted by Gasteiger charge is -2.09. The lowest BCUT2D eigenvalue weighted by atomic mass is 10.0. The van der Waals surface area contributed by atoms with Crippen molar-refractivity contribution in [2.75, 3.05) is 0 Å². The van der Waals surface area contributed by atoms with Crippen LogP contribution in [-0.4, -0.2) is 15.3 Å². The molecule has 3 aromatic rings. The maximum absolute atomic E-state index is 12.8. The van der Waals surface area contributed by atoms with Crippen LogP contribution in [0.1, 0.15) is 53.7 Å². The van der Waals surface area contributed by atoms with Crippen LogP contribution in [0.25, 0.3) is 22.3 Å². The summed E-state index contributed by atoms with van der Waals surface area (Å²) >= 11 is 0. The molecule has 2 aromatic heterocycles. The number of ketones is 1. The Morgan fingerprint density at radius 3 is 2.73 bits per heavy atom. The van der Waals surface area contributed by atoms with Gasteiger partial charge in [0.2, 0.25) is 0 Å². The second-order valence-corrected chi connectivity index (χ2v) is 7.01. The Balaban J connectivity index is 1.92. The van der Waals surface area contributed by atoms with E-state index in [0.29, 0.717) is 24.1 Å². The van der Waals surface area contributed by atoms with Crippen LogP contribution in [0.2, 0.25) is 0 Å². The molecule has 0 spiro atoms. The summed E-state index contributed by atoms with van der Waals surface area (Å²) in [6.45, 7) is 6.25. The number of carbonyl (C=O) groups is 1. The predicted octanol–water partition coefficient (Wildman–Crippen LogP) is 4.28. The molecule has 0 radical (unpaired) electrons. The third-order valence-electron chi connectivity index (χ3n) is 5.23. The molecule has 0 saturated heterocycles. The number of aromatic nitrogens is 2. The molecule has 4 heteroatoms. The summed E-state index contributed by atoms with van der Waals surface area (Å²) in [5, 5.41) is 1.11. The number of hydrogen-bond acceptors (Lipinski definition) is 3. The SMILES string of the molecule is CCCc1ccc2nc3c(cc2c1)Cn1c-3cc(C(=O)CC)c(C)c1=O. The first kappa shape index (κ1) is 16.7. The van der Waals surface area contributed by atoms with Crippen molar-refractivity contribution >= 4 is 16.7 Å². The molecule has 26 heavy (non-hydrogen) atoms. The van der Waals surface area contributed by atoms with Crippen LogP contribution in [0.4, 0.5) is 0 Å². The Hall–Kier alpha value is -2.75. The zero-order chi connectivity index (χ0) is 18.4. The van der Waals surface area contributed by atoms with E-state index in [1.807, 2.05) is 19.1 Å². The van der Waals surface area contributed by atoms with Crippen LogP contribution in [0.3, 0.4) is 0 Å². The van der Waals surface area contributed by atoms with Crippen LogP contribution in [-0.2, 0) is 13.0 Å². The van der Waals surface area contributed by atoms with Gasteiger partial charge in [-0.05, 0) is 43.2 Å². The molecule has 0 atom stereocenters. The average molecular weight is 346 g/mol. The fourth-order valence-electron chi connectivity index (χ4n) is 3.81. The third-order valence-corrected chi connectivity index (χ3v) is 5.23. The van der Waals surface area contributed by atoms with Crippen LogP contribution >= 0.6 is 0 Å². The highest BCUT2D eigenvalue weighted by atomic mass is 16.1. The maximum atomic E-state index is 12.8. The van der Waals surface area contributed by atoms with Gasteiger partial charge in [0.1, 0.15) is 0 Å². The highest BCUT2D eigenvalue weighted by Crippen LogP contribution is 2.33. The fraction of sp³-hybridized carbons (Fsp3) is 0.318. The number of benzene rings is 1. The number of carbonyl (C=O) groups excluding carboxylic acids is 1. The lowest BCUT2D eigenvalue weighted by molar-refractivity contribution is 0.0987. The first-order chi connectivity index (χ1) is 12.5. The number of aryl methyl sites for hydroxylation is 1. The number of pyridine rings is 2. The fourth-order valence-corrected chi connectivity index (χ4v) is 3.81. The van der Waals surface area contributed by atoms with E-state index >= 15 is 0 Å². The van der Waals surface area contributed by atoms with Crippen molar-refractivity contribution in [3.05, 3.63) is 62.9 Å². The second kappa shape index (κ2) is 6.20. The Morgan fingerprint density at radius 1 is 1.19 bits per heavy atom. The molecule has 0 saturated carbocycles. The average Bonchev–Trinajstić information content (AvgIpc) is 3.00. The maximum Gasteiger partial charge on any atom is 0.255 e. The summed E-state index contributed by atoms with van der Waals surface area (Å²) in [7, 11) is 0. The summed E-state index contributed by atoms with van der Waals surface area (Å²) in [6.07, 6.45) is 2.55. The zero-order valence-electron chi connectivity index (χ0n) is 15.4. The van der Waals surface area contributed by atoms with E-state index in [9.17, 15) is 9.59 Å². The molecule has 0 bridgehead atoms. The summed E-state index contributed by atoms with van der Waals surface area (Å²) < 4.78 is 1.74. The molecular formula is C22H22N2O2. The first-order valence-corrected chi connectivity index (χ1v) is 9.24. The first-order valence-electron chi connectivity index (χ1n) is 9.24. The molecule has 1 aliphatic rings. The summed E-state index contributed by atoms with van der Waals surface area (Å²) in [4.78, 5) is 29.9. The van der Waals surface area contributed by atoms with Gasteiger partial charge in [-0.2, -0.15) is 0 Å². The molecule has 0 aliphatic carbocycles. The standard InChI is InChI=1S/C22H22N2O2/c1-4-6-14-7-8-18-15(9-14)10-16-12-24-19(21(16)23-18)11-17(20(25)5-2)13(3)22(24)26/h7-11H,4-6,12H2,1-3H3. The van der Waals surface area contributed by atoms with Crippen molar-refractivity contribution in [3.63, 3.8) is 0 Å². The smallest absolute Gasteiger partial charge is 0.255 e. The zero-order valence-corrected chi connectivity index (χ0v) is 15.4. The molecule has 1 aromatic carbocycles. The Morgan fingerprint density at radius 2 is 2.00 bits per heavy atom. The van der Waals surface area contributed by atoms with E-state index in [0.717, 1.165) is 40.7 Å². The molecule has 4 rings (SSSR count). The van der Waals surface area contributed by atoms with Crippen molar-refractivity contribution in [1.29, 1.82) is 0 Å². The Kier molecular flexibility index (Phi) is 3.98. The predicted molar refractivity (Wildman–Crippen MR) is 104 cm³/mol. The van der Waals surface area contributed by atoms with Crippen LogP contribution < -0.4 is 5.56 Å². The van der Waals surface area contributed by atoms with Crippen molar-refractivity contribution in [3.8, 4) is 11.4 Å². The number of hydrogen-bond donors (Lipinski definition) is 0. The normalized spacial score (nSPS) is 12.3. The van der Waals surface area contributed by atoms with Gasteiger partial charge in [0.25, 0.3) is 5.56 Å². The number of rotatable bonds is 4. The molecule has 0 unspecified atom stereocenters. The lowest BCUT2D eigenvalue weighted by Crippen LogP contribution is -2.24. The van der Waals surface area contributed by atoms with Gasteiger partial charge in [0, 0.05) is 28.5 Å². The van der Waals surface area contributed by atoms with Crippen LogP contribution in [0.5, 0.6) is 0 Å². The highest BCUT2D eigenvalue weighted by molar-refractivity contribution is 5.98. The van der Waals surface area contributed by atoms with Gasteiger partial charge in [0.15, 0.2) is 5.78 Å². The minimum atomic E-state index is -0.0898. The van der Waals surface area contributed by atoms with Crippen LogP contribution in [0.15, 0.2) is 35.1 Å². The van der Waals surface area contributed by atoms with E-state index in [-0.39, 0.29) is 11.3 Å². The topological polar surface area (TPSA) is 52.0 Å².